The second-order valence-electron chi connectivity index (χ2n) is 6.68. The number of benzene rings is 1. The van der Waals surface area contributed by atoms with Crippen LogP contribution in [0.3, 0.4) is 0 Å². The first kappa shape index (κ1) is 18.2. The van der Waals surface area contributed by atoms with Crippen LogP contribution >= 0.6 is 0 Å². The lowest BCUT2D eigenvalue weighted by atomic mass is 9.97. The van der Waals surface area contributed by atoms with Crippen LogP contribution in [-0.4, -0.2) is 65.4 Å². The first-order valence-corrected chi connectivity index (χ1v) is 8.79. The zero-order valence-corrected chi connectivity index (χ0v) is 14.4. The van der Waals surface area contributed by atoms with Crippen molar-refractivity contribution >= 4 is 17.7 Å². The van der Waals surface area contributed by atoms with Crippen LogP contribution in [-0.2, 0) is 9.59 Å². The van der Waals surface area contributed by atoms with E-state index in [0.29, 0.717) is 52.0 Å². The van der Waals surface area contributed by atoms with Crippen molar-refractivity contribution in [2.75, 3.05) is 32.7 Å². The van der Waals surface area contributed by atoms with Gasteiger partial charge in [-0.3, -0.25) is 14.4 Å². The molecule has 1 atom stereocenters. The molecule has 8 heteroatoms. The number of piperidine rings is 1. The molecule has 0 radical (unpaired) electrons. The number of nitrogens with one attached hydrogen (secondary N) is 1. The summed E-state index contributed by atoms with van der Waals surface area (Å²) in [6.45, 7) is 2.21. The topological polar surface area (TPSA) is 90.0 Å². The third-order valence-corrected chi connectivity index (χ3v) is 4.90. The molecule has 2 fully saturated rings. The van der Waals surface area contributed by atoms with E-state index in [1.54, 1.807) is 9.80 Å². The summed E-state index contributed by atoms with van der Waals surface area (Å²) < 4.78 is 13.2. The van der Waals surface area contributed by atoms with E-state index in [0.717, 1.165) is 12.1 Å². The summed E-state index contributed by atoms with van der Waals surface area (Å²) in [6, 6.07) is 3.53. The van der Waals surface area contributed by atoms with Crippen LogP contribution in [0, 0.1) is 11.7 Å². The summed E-state index contributed by atoms with van der Waals surface area (Å²) in [5.74, 6) is -1.83. The zero-order chi connectivity index (χ0) is 18.7. The molecule has 3 rings (SSSR count). The van der Waals surface area contributed by atoms with Gasteiger partial charge in [-0.05, 0) is 31.0 Å². The minimum Gasteiger partial charge on any atom is -0.505 e. The summed E-state index contributed by atoms with van der Waals surface area (Å²) in [7, 11) is 0. The van der Waals surface area contributed by atoms with Crippen molar-refractivity contribution in [3.8, 4) is 5.75 Å². The van der Waals surface area contributed by atoms with Crippen molar-refractivity contribution < 1.29 is 23.9 Å². The Hall–Kier alpha value is -2.64. The molecule has 0 bridgehead atoms. The Morgan fingerprint density at radius 3 is 2.58 bits per heavy atom. The Kier molecular flexibility index (Phi) is 5.39. The van der Waals surface area contributed by atoms with Crippen LogP contribution < -0.4 is 5.32 Å². The second-order valence-corrected chi connectivity index (χ2v) is 6.68. The van der Waals surface area contributed by atoms with Crippen LogP contribution in [0.4, 0.5) is 4.39 Å². The predicted molar refractivity (Wildman–Crippen MR) is 90.9 cm³/mol. The predicted octanol–water partition coefficient (Wildman–Crippen LogP) is 0.732. The van der Waals surface area contributed by atoms with E-state index in [1.165, 1.54) is 6.07 Å². The van der Waals surface area contributed by atoms with Gasteiger partial charge in [-0.1, -0.05) is 0 Å². The van der Waals surface area contributed by atoms with Gasteiger partial charge in [0.2, 0.25) is 11.8 Å². The lowest BCUT2D eigenvalue weighted by Crippen LogP contribution is -2.46. The summed E-state index contributed by atoms with van der Waals surface area (Å²) in [5, 5.41) is 12.2. The van der Waals surface area contributed by atoms with E-state index in [4.69, 9.17) is 0 Å². The number of nitrogens with zero attached hydrogens (tertiary/aromatic N) is 2. The van der Waals surface area contributed by atoms with Crippen molar-refractivity contribution in [1.82, 2.24) is 15.1 Å². The van der Waals surface area contributed by atoms with Gasteiger partial charge in [0.05, 0.1) is 5.92 Å². The van der Waals surface area contributed by atoms with Crippen molar-refractivity contribution in [2.45, 2.75) is 19.3 Å². The number of rotatable bonds is 2. The molecule has 2 N–H and O–H groups in total. The van der Waals surface area contributed by atoms with E-state index in [1.807, 2.05) is 0 Å². The van der Waals surface area contributed by atoms with Crippen LogP contribution in [0.25, 0.3) is 0 Å². The van der Waals surface area contributed by atoms with Crippen molar-refractivity contribution in [1.29, 1.82) is 0 Å². The Balaban J connectivity index is 1.60. The van der Waals surface area contributed by atoms with Crippen LogP contribution in [0.2, 0.25) is 0 Å². The molecule has 2 heterocycles. The van der Waals surface area contributed by atoms with E-state index < -0.39 is 11.6 Å². The highest BCUT2D eigenvalue weighted by Gasteiger charge is 2.30. The third kappa shape index (κ3) is 3.95. The van der Waals surface area contributed by atoms with Crippen LogP contribution in [0.5, 0.6) is 5.75 Å². The minimum absolute atomic E-state index is 0.0127. The lowest BCUT2D eigenvalue weighted by Gasteiger charge is -2.28. The lowest BCUT2D eigenvalue weighted by molar-refractivity contribution is -0.137. The maximum atomic E-state index is 13.2. The summed E-state index contributed by atoms with van der Waals surface area (Å²) in [5.41, 5.74) is 0.221. The molecule has 0 spiro atoms. The largest absolute Gasteiger partial charge is 0.505 e. The Bertz CT molecular complexity index is 714. The Morgan fingerprint density at radius 1 is 1.15 bits per heavy atom. The number of hydrogen-bond donors (Lipinski definition) is 2. The number of amides is 3. The van der Waals surface area contributed by atoms with Gasteiger partial charge in [0.25, 0.3) is 5.91 Å². The van der Waals surface area contributed by atoms with E-state index in [9.17, 15) is 23.9 Å². The first-order valence-electron chi connectivity index (χ1n) is 8.79. The van der Waals surface area contributed by atoms with Crippen molar-refractivity contribution in [3.63, 3.8) is 0 Å². The number of carbonyl (C=O) groups excluding carboxylic acids is 3. The number of hydrogen-bond acceptors (Lipinski definition) is 4. The van der Waals surface area contributed by atoms with Gasteiger partial charge >= 0.3 is 0 Å². The summed E-state index contributed by atoms with van der Waals surface area (Å²) in [4.78, 5) is 39.8. The molecule has 2 saturated heterocycles. The summed E-state index contributed by atoms with van der Waals surface area (Å²) in [6.07, 6.45) is 1.56. The molecule has 1 aromatic rings. The van der Waals surface area contributed by atoms with Gasteiger partial charge in [-0.25, -0.2) is 4.39 Å². The minimum atomic E-state index is -0.770. The standard InChI is InChI=1S/C18H22FN3O4/c19-14-4-2-12(10-15(14)23)17(25)21-6-1-7-22(9-8-21)18(26)13-3-5-16(24)20-11-13/h2,4,10,13,23H,1,3,5-9,11H2,(H,20,24). The fourth-order valence-corrected chi connectivity index (χ4v) is 3.37. The van der Waals surface area contributed by atoms with Crippen molar-refractivity contribution in [2.24, 2.45) is 5.92 Å². The molecule has 140 valence electrons. The molecule has 0 aromatic heterocycles. The Morgan fingerprint density at radius 2 is 1.88 bits per heavy atom. The van der Waals surface area contributed by atoms with Crippen molar-refractivity contribution in [3.05, 3.63) is 29.6 Å². The number of phenolic OH excluding ortho intramolecular Hbond substituents is 1. The quantitative estimate of drug-likeness (QED) is 0.811. The monoisotopic (exact) mass is 363 g/mol. The van der Waals surface area contributed by atoms with E-state index >= 15 is 0 Å². The molecule has 2 aliphatic rings. The molecule has 7 nitrogen and oxygen atoms in total. The van der Waals surface area contributed by atoms with Gasteiger partial charge in [0.1, 0.15) is 0 Å². The fourth-order valence-electron chi connectivity index (χ4n) is 3.37. The third-order valence-electron chi connectivity index (χ3n) is 4.90. The van der Waals surface area contributed by atoms with E-state index in [-0.39, 0.29) is 29.2 Å². The first-order chi connectivity index (χ1) is 12.5. The van der Waals surface area contributed by atoms with Gasteiger partial charge in [-0.15, -0.1) is 0 Å². The maximum absolute atomic E-state index is 13.2. The fraction of sp³-hybridized carbons (Fsp3) is 0.500. The Labute approximate surface area is 150 Å². The van der Waals surface area contributed by atoms with Gasteiger partial charge in [0, 0.05) is 44.7 Å². The zero-order valence-electron chi connectivity index (χ0n) is 14.4. The highest BCUT2D eigenvalue weighted by molar-refractivity contribution is 5.94. The smallest absolute Gasteiger partial charge is 0.254 e. The normalized spacial score (nSPS) is 21.1. The van der Waals surface area contributed by atoms with Gasteiger partial charge in [-0.2, -0.15) is 0 Å². The maximum Gasteiger partial charge on any atom is 0.254 e. The number of aromatic hydroxyl groups is 1. The summed E-state index contributed by atoms with van der Waals surface area (Å²) >= 11 is 0. The SMILES string of the molecule is O=C1CCC(C(=O)N2CCCN(C(=O)c3ccc(F)c(O)c3)CC2)CN1. The van der Waals surface area contributed by atoms with Gasteiger partial charge < -0.3 is 20.2 Å². The molecular weight excluding hydrogens is 341 g/mol. The molecule has 0 saturated carbocycles. The van der Waals surface area contributed by atoms with E-state index in [2.05, 4.69) is 5.32 Å². The van der Waals surface area contributed by atoms with Crippen LogP contribution in [0.1, 0.15) is 29.6 Å². The number of phenols is 1. The second kappa shape index (κ2) is 7.72. The van der Waals surface area contributed by atoms with Crippen LogP contribution in [0.15, 0.2) is 18.2 Å². The number of carbonyl (C=O) groups is 3. The highest BCUT2D eigenvalue weighted by Crippen LogP contribution is 2.20. The average Bonchev–Trinajstić information content (AvgIpc) is 2.89. The molecule has 1 unspecified atom stereocenters. The molecular formula is C18H22FN3O4. The number of halogens is 1. The molecule has 1 aromatic carbocycles. The molecule has 2 aliphatic heterocycles. The van der Waals surface area contributed by atoms with Gasteiger partial charge in [0.15, 0.2) is 11.6 Å². The molecule has 3 amide bonds. The average molecular weight is 363 g/mol. The molecule has 26 heavy (non-hydrogen) atoms. The molecule has 0 aliphatic carbocycles. The highest BCUT2D eigenvalue weighted by atomic mass is 19.1.